The predicted molar refractivity (Wildman–Crippen MR) is 52.5 cm³/mol. The van der Waals surface area contributed by atoms with Gasteiger partial charge in [0.2, 0.25) is 0 Å². The highest BCUT2D eigenvalue weighted by Crippen LogP contribution is 1.75. The van der Waals surface area contributed by atoms with E-state index in [0.29, 0.717) is 0 Å². The SMILES string of the molecule is CCCNCCCNCCOC. The summed E-state index contributed by atoms with van der Waals surface area (Å²) < 4.78 is 4.91. The fourth-order valence-corrected chi connectivity index (χ4v) is 0.939. The number of hydrogen-bond acceptors (Lipinski definition) is 3. The number of nitrogens with one attached hydrogen (secondary N) is 2. The summed E-state index contributed by atoms with van der Waals surface area (Å²) in [5, 5.41) is 6.65. The van der Waals surface area contributed by atoms with Gasteiger partial charge >= 0.3 is 0 Å². The molecule has 0 unspecified atom stereocenters. The lowest BCUT2D eigenvalue weighted by molar-refractivity contribution is 0.199. The van der Waals surface area contributed by atoms with Gasteiger partial charge in [-0.3, -0.25) is 0 Å². The topological polar surface area (TPSA) is 33.3 Å². The van der Waals surface area contributed by atoms with Gasteiger partial charge in [0.15, 0.2) is 0 Å². The largest absolute Gasteiger partial charge is 0.383 e. The molecule has 0 saturated heterocycles. The van der Waals surface area contributed by atoms with Crippen molar-refractivity contribution in [1.29, 1.82) is 0 Å². The number of rotatable bonds is 9. The third kappa shape index (κ3) is 9.88. The highest BCUT2D eigenvalue weighted by Gasteiger charge is 1.87. The molecule has 12 heavy (non-hydrogen) atoms. The molecule has 0 aliphatic heterocycles. The standard InChI is InChI=1S/C9H22N2O/c1-3-5-10-6-4-7-11-8-9-12-2/h10-11H,3-9H2,1-2H3. The molecule has 0 aromatic carbocycles. The van der Waals surface area contributed by atoms with Crippen LogP contribution in [0.4, 0.5) is 0 Å². The molecule has 0 bridgehead atoms. The molecule has 0 atom stereocenters. The van der Waals surface area contributed by atoms with Gasteiger partial charge in [-0.05, 0) is 32.5 Å². The zero-order chi connectivity index (χ0) is 9.07. The van der Waals surface area contributed by atoms with Gasteiger partial charge in [-0.1, -0.05) is 6.92 Å². The molecular formula is C9H22N2O. The van der Waals surface area contributed by atoms with Crippen molar-refractivity contribution in [3.05, 3.63) is 0 Å². The van der Waals surface area contributed by atoms with Crippen LogP contribution in [-0.4, -0.2) is 39.9 Å². The van der Waals surface area contributed by atoms with Crippen molar-refractivity contribution >= 4 is 0 Å². The molecule has 0 amide bonds. The second kappa shape index (κ2) is 10.9. The lowest BCUT2D eigenvalue weighted by Crippen LogP contribution is -2.24. The molecule has 0 aromatic heterocycles. The summed E-state index contributed by atoms with van der Waals surface area (Å²) in [6.07, 6.45) is 2.42. The summed E-state index contributed by atoms with van der Waals surface area (Å²) in [4.78, 5) is 0. The third-order valence-electron chi connectivity index (χ3n) is 1.62. The Morgan fingerprint density at radius 2 is 1.67 bits per heavy atom. The molecule has 3 heteroatoms. The van der Waals surface area contributed by atoms with E-state index in [1.54, 1.807) is 7.11 Å². The first-order valence-corrected chi connectivity index (χ1v) is 4.82. The fraction of sp³-hybridized carbons (Fsp3) is 1.00. The number of ether oxygens (including phenoxy) is 1. The molecule has 0 aliphatic carbocycles. The van der Waals surface area contributed by atoms with Crippen LogP contribution >= 0.6 is 0 Å². The summed E-state index contributed by atoms with van der Waals surface area (Å²) in [5.74, 6) is 0. The Bertz CT molecular complexity index is 68.9. The van der Waals surface area contributed by atoms with Gasteiger partial charge in [-0.25, -0.2) is 0 Å². The van der Waals surface area contributed by atoms with E-state index in [1.807, 2.05) is 0 Å². The van der Waals surface area contributed by atoms with Crippen molar-refractivity contribution in [3.8, 4) is 0 Å². The first-order chi connectivity index (χ1) is 5.91. The molecule has 0 fully saturated rings. The summed E-state index contributed by atoms with van der Waals surface area (Å²) in [7, 11) is 1.73. The summed E-state index contributed by atoms with van der Waals surface area (Å²) in [6.45, 7) is 7.29. The van der Waals surface area contributed by atoms with Crippen molar-refractivity contribution < 1.29 is 4.74 Å². The van der Waals surface area contributed by atoms with E-state index in [9.17, 15) is 0 Å². The van der Waals surface area contributed by atoms with E-state index in [1.165, 1.54) is 12.8 Å². The summed E-state index contributed by atoms with van der Waals surface area (Å²) >= 11 is 0. The monoisotopic (exact) mass is 174 g/mol. The van der Waals surface area contributed by atoms with E-state index >= 15 is 0 Å². The van der Waals surface area contributed by atoms with Crippen molar-refractivity contribution in [1.82, 2.24) is 10.6 Å². The van der Waals surface area contributed by atoms with E-state index < -0.39 is 0 Å². The van der Waals surface area contributed by atoms with Crippen LogP contribution in [0.15, 0.2) is 0 Å². The Morgan fingerprint density at radius 1 is 1.00 bits per heavy atom. The minimum Gasteiger partial charge on any atom is -0.383 e. The first-order valence-electron chi connectivity index (χ1n) is 4.82. The number of hydrogen-bond donors (Lipinski definition) is 2. The Balaban J connectivity index is 2.73. The molecular weight excluding hydrogens is 152 g/mol. The molecule has 0 aliphatic rings. The molecule has 2 N–H and O–H groups in total. The molecule has 0 aromatic rings. The van der Waals surface area contributed by atoms with Crippen LogP contribution in [-0.2, 0) is 4.74 Å². The van der Waals surface area contributed by atoms with Crippen LogP contribution in [0.5, 0.6) is 0 Å². The van der Waals surface area contributed by atoms with Crippen molar-refractivity contribution in [2.75, 3.05) is 39.9 Å². The Hall–Kier alpha value is -0.120. The van der Waals surface area contributed by atoms with Gasteiger partial charge < -0.3 is 15.4 Å². The second-order valence-corrected chi connectivity index (χ2v) is 2.85. The lowest BCUT2D eigenvalue weighted by Gasteiger charge is -2.04. The van der Waals surface area contributed by atoms with E-state index in [4.69, 9.17) is 4.74 Å². The molecule has 0 spiro atoms. The highest BCUT2D eigenvalue weighted by atomic mass is 16.5. The maximum Gasteiger partial charge on any atom is 0.0587 e. The first kappa shape index (κ1) is 11.9. The van der Waals surface area contributed by atoms with E-state index in [2.05, 4.69) is 17.6 Å². The van der Waals surface area contributed by atoms with Gasteiger partial charge in [-0.2, -0.15) is 0 Å². The molecule has 0 saturated carbocycles. The average Bonchev–Trinajstić information content (AvgIpc) is 2.10. The molecule has 3 nitrogen and oxygen atoms in total. The zero-order valence-corrected chi connectivity index (χ0v) is 8.36. The van der Waals surface area contributed by atoms with Gasteiger partial charge in [0.1, 0.15) is 0 Å². The summed E-state index contributed by atoms with van der Waals surface area (Å²) in [5.41, 5.74) is 0. The number of methoxy groups -OCH3 is 1. The predicted octanol–water partition coefficient (Wildman–Crippen LogP) is 0.612. The molecule has 0 radical (unpaired) electrons. The van der Waals surface area contributed by atoms with E-state index in [0.717, 1.165) is 32.8 Å². The maximum atomic E-state index is 4.91. The van der Waals surface area contributed by atoms with Gasteiger partial charge in [0.05, 0.1) is 6.61 Å². The van der Waals surface area contributed by atoms with Gasteiger partial charge in [-0.15, -0.1) is 0 Å². The van der Waals surface area contributed by atoms with Crippen LogP contribution in [0.25, 0.3) is 0 Å². The summed E-state index contributed by atoms with van der Waals surface area (Å²) in [6, 6.07) is 0. The van der Waals surface area contributed by atoms with E-state index in [-0.39, 0.29) is 0 Å². The Labute approximate surface area is 75.9 Å². The third-order valence-corrected chi connectivity index (χ3v) is 1.62. The maximum absolute atomic E-state index is 4.91. The second-order valence-electron chi connectivity index (χ2n) is 2.85. The van der Waals surface area contributed by atoms with Crippen LogP contribution in [0.3, 0.4) is 0 Å². The normalized spacial score (nSPS) is 10.5. The lowest BCUT2D eigenvalue weighted by atomic mass is 10.4. The van der Waals surface area contributed by atoms with Crippen molar-refractivity contribution in [3.63, 3.8) is 0 Å². The molecule has 0 rings (SSSR count). The molecule has 0 heterocycles. The highest BCUT2D eigenvalue weighted by molar-refractivity contribution is 4.50. The minimum absolute atomic E-state index is 0.808. The Morgan fingerprint density at radius 3 is 2.25 bits per heavy atom. The smallest absolute Gasteiger partial charge is 0.0587 e. The Kier molecular flexibility index (Phi) is 10.8. The fourth-order valence-electron chi connectivity index (χ4n) is 0.939. The molecule has 74 valence electrons. The van der Waals surface area contributed by atoms with Crippen molar-refractivity contribution in [2.45, 2.75) is 19.8 Å². The minimum atomic E-state index is 0.808. The average molecular weight is 174 g/mol. The van der Waals surface area contributed by atoms with Crippen LogP contribution in [0.1, 0.15) is 19.8 Å². The van der Waals surface area contributed by atoms with Gasteiger partial charge in [0.25, 0.3) is 0 Å². The van der Waals surface area contributed by atoms with Crippen LogP contribution in [0.2, 0.25) is 0 Å². The quantitative estimate of drug-likeness (QED) is 0.503. The zero-order valence-electron chi connectivity index (χ0n) is 8.36. The van der Waals surface area contributed by atoms with Gasteiger partial charge in [0, 0.05) is 13.7 Å². The van der Waals surface area contributed by atoms with Crippen LogP contribution < -0.4 is 10.6 Å². The van der Waals surface area contributed by atoms with Crippen LogP contribution in [0, 0.1) is 0 Å². The van der Waals surface area contributed by atoms with Crippen molar-refractivity contribution in [2.24, 2.45) is 0 Å².